The maximum atomic E-state index is 13.9. The maximum Gasteiger partial charge on any atom is 0.257 e. The van der Waals surface area contributed by atoms with Gasteiger partial charge in [0.25, 0.3) is 5.91 Å². The zero-order valence-electron chi connectivity index (χ0n) is 13.4. The fourth-order valence-electron chi connectivity index (χ4n) is 2.89. The highest BCUT2D eigenvalue weighted by Gasteiger charge is 2.36. The van der Waals surface area contributed by atoms with E-state index >= 15 is 0 Å². The smallest absolute Gasteiger partial charge is 0.257 e. The van der Waals surface area contributed by atoms with Crippen LogP contribution in [0.2, 0.25) is 5.02 Å². The summed E-state index contributed by atoms with van der Waals surface area (Å²) in [4.78, 5) is 26.2. The molecular formula is C18H14ClF3N2O2. The van der Waals surface area contributed by atoms with Gasteiger partial charge in [-0.1, -0.05) is 11.6 Å². The fraction of sp³-hybridized carbons (Fsp3) is 0.222. The summed E-state index contributed by atoms with van der Waals surface area (Å²) >= 11 is 5.79. The second kappa shape index (κ2) is 7.37. The zero-order chi connectivity index (χ0) is 18.8. The molecule has 2 amide bonds. The lowest BCUT2D eigenvalue weighted by Crippen LogP contribution is -2.43. The third kappa shape index (κ3) is 3.53. The number of benzene rings is 2. The van der Waals surface area contributed by atoms with E-state index in [0.29, 0.717) is 29.6 Å². The highest BCUT2D eigenvalue weighted by atomic mass is 35.5. The number of nitrogens with one attached hydrogen (secondary N) is 1. The summed E-state index contributed by atoms with van der Waals surface area (Å²) in [5.41, 5.74) is -0.104. The maximum absolute atomic E-state index is 13.9. The lowest BCUT2D eigenvalue weighted by Gasteiger charge is -2.24. The molecule has 2 aromatic carbocycles. The molecule has 0 aromatic heterocycles. The Bertz CT molecular complexity index is 858. The topological polar surface area (TPSA) is 49.4 Å². The van der Waals surface area contributed by atoms with Crippen molar-refractivity contribution in [2.45, 2.75) is 18.9 Å². The number of carbonyl (C=O) groups is 2. The first-order chi connectivity index (χ1) is 12.4. The molecule has 2 aromatic rings. The van der Waals surface area contributed by atoms with Gasteiger partial charge in [0.15, 0.2) is 17.5 Å². The number of hydrogen-bond donors (Lipinski definition) is 1. The quantitative estimate of drug-likeness (QED) is 0.816. The van der Waals surface area contributed by atoms with Crippen molar-refractivity contribution in [2.24, 2.45) is 0 Å². The Morgan fingerprint density at radius 3 is 2.42 bits per heavy atom. The van der Waals surface area contributed by atoms with Gasteiger partial charge in [0, 0.05) is 17.3 Å². The number of anilines is 1. The molecule has 136 valence electrons. The molecule has 0 unspecified atom stereocenters. The van der Waals surface area contributed by atoms with Gasteiger partial charge in [0.2, 0.25) is 5.91 Å². The van der Waals surface area contributed by atoms with Crippen LogP contribution in [-0.4, -0.2) is 29.3 Å². The number of hydrogen-bond acceptors (Lipinski definition) is 2. The van der Waals surface area contributed by atoms with Gasteiger partial charge in [-0.2, -0.15) is 0 Å². The molecule has 1 N–H and O–H groups in total. The van der Waals surface area contributed by atoms with Gasteiger partial charge >= 0.3 is 0 Å². The van der Waals surface area contributed by atoms with Gasteiger partial charge in [-0.3, -0.25) is 9.59 Å². The molecule has 1 aliphatic heterocycles. The van der Waals surface area contributed by atoms with E-state index in [4.69, 9.17) is 11.6 Å². The minimum Gasteiger partial charge on any atom is -0.327 e. The van der Waals surface area contributed by atoms with Crippen molar-refractivity contribution in [2.75, 3.05) is 11.9 Å². The highest BCUT2D eigenvalue weighted by Crippen LogP contribution is 2.24. The summed E-state index contributed by atoms with van der Waals surface area (Å²) in [5, 5.41) is 3.17. The molecular weight excluding hydrogens is 369 g/mol. The number of halogens is 4. The molecule has 0 spiro atoms. The molecule has 1 fully saturated rings. The lowest BCUT2D eigenvalue weighted by molar-refractivity contribution is -0.119. The third-order valence-electron chi connectivity index (χ3n) is 4.19. The van der Waals surface area contributed by atoms with Crippen LogP contribution in [0.1, 0.15) is 23.2 Å². The van der Waals surface area contributed by atoms with Crippen LogP contribution < -0.4 is 5.32 Å². The zero-order valence-corrected chi connectivity index (χ0v) is 14.2. The second-order valence-corrected chi connectivity index (χ2v) is 6.31. The minimum absolute atomic E-state index is 0.218. The van der Waals surface area contributed by atoms with E-state index in [-0.39, 0.29) is 6.54 Å². The first-order valence-corrected chi connectivity index (χ1v) is 8.27. The van der Waals surface area contributed by atoms with Gasteiger partial charge in [-0.15, -0.1) is 0 Å². The van der Waals surface area contributed by atoms with Crippen molar-refractivity contribution in [3.8, 4) is 0 Å². The van der Waals surface area contributed by atoms with Crippen LogP contribution in [0.4, 0.5) is 18.9 Å². The van der Waals surface area contributed by atoms with Crippen LogP contribution in [0.15, 0.2) is 36.4 Å². The summed E-state index contributed by atoms with van der Waals surface area (Å²) in [6.07, 6.45) is 0.923. The van der Waals surface area contributed by atoms with Crippen molar-refractivity contribution < 1.29 is 22.8 Å². The lowest BCUT2D eigenvalue weighted by atomic mass is 10.1. The SMILES string of the molecule is O=C(Nc1ccc(Cl)cc1)[C@H]1CCCN1C(=O)c1ccc(F)c(F)c1F. The van der Waals surface area contributed by atoms with Crippen molar-refractivity contribution in [3.05, 3.63) is 64.4 Å². The van der Waals surface area contributed by atoms with Crippen molar-refractivity contribution >= 4 is 29.1 Å². The number of amides is 2. The monoisotopic (exact) mass is 382 g/mol. The van der Waals surface area contributed by atoms with Crippen molar-refractivity contribution in [1.29, 1.82) is 0 Å². The highest BCUT2D eigenvalue weighted by molar-refractivity contribution is 6.30. The number of nitrogens with zero attached hydrogens (tertiary/aromatic N) is 1. The van der Waals surface area contributed by atoms with Gasteiger partial charge in [0.1, 0.15) is 6.04 Å². The van der Waals surface area contributed by atoms with E-state index < -0.39 is 40.9 Å². The standard InChI is InChI=1S/C18H14ClF3N2O2/c19-10-3-5-11(6-4-10)23-17(25)14-2-1-9-24(14)18(26)12-7-8-13(20)16(22)15(12)21/h3-8,14H,1-2,9H2,(H,23,25)/t14-/m1/s1. The van der Waals surface area contributed by atoms with E-state index in [1.165, 1.54) is 4.90 Å². The van der Waals surface area contributed by atoms with E-state index in [2.05, 4.69) is 5.32 Å². The summed E-state index contributed by atoms with van der Waals surface area (Å²) in [5.74, 6) is -5.94. The van der Waals surface area contributed by atoms with Crippen molar-refractivity contribution in [1.82, 2.24) is 4.90 Å². The van der Waals surface area contributed by atoms with Crippen LogP contribution in [0.3, 0.4) is 0 Å². The van der Waals surface area contributed by atoms with Crippen LogP contribution in [-0.2, 0) is 4.79 Å². The summed E-state index contributed by atoms with van der Waals surface area (Å²) in [7, 11) is 0. The average molecular weight is 383 g/mol. The number of likely N-dealkylation sites (tertiary alicyclic amines) is 1. The predicted molar refractivity (Wildman–Crippen MR) is 90.5 cm³/mol. The number of carbonyl (C=O) groups excluding carboxylic acids is 2. The Balaban J connectivity index is 1.79. The molecule has 0 radical (unpaired) electrons. The molecule has 0 aliphatic carbocycles. The van der Waals surface area contributed by atoms with Crippen LogP contribution >= 0.6 is 11.6 Å². The molecule has 0 bridgehead atoms. The molecule has 1 saturated heterocycles. The minimum atomic E-state index is -1.71. The molecule has 1 aliphatic rings. The largest absolute Gasteiger partial charge is 0.327 e. The first-order valence-electron chi connectivity index (χ1n) is 7.89. The number of rotatable bonds is 3. The molecule has 3 rings (SSSR count). The van der Waals surface area contributed by atoms with E-state index in [9.17, 15) is 22.8 Å². The third-order valence-corrected chi connectivity index (χ3v) is 4.45. The van der Waals surface area contributed by atoms with Gasteiger partial charge in [-0.25, -0.2) is 13.2 Å². The van der Waals surface area contributed by atoms with E-state index in [1.54, 1.807) is 24.3 Å². The molecule has 26 heavy (non-hydrogen) atoms. The predicted octanol–water partition coefficient (Wildman–Crippen LogP) is 4.00. The normalized spacial score (nSPS) is 16.6. The van der Waals surface area contributed by atoms with Gasteiger partial charge < -0.3 is 10.2 Å². The summed E-state index contributed by atoms with van der Waals surface area (Å²) < 4.78 is 40.4. The van der Waals surface area contributed by atoms with Crippen molar-refractivity contribution in [3.63, 3.8) is 0 Å². The van der Waals surface area contributed by atoms with Gasteiger partial charge in [-0.05, 0) is 49.2 Å². The van der Waals surface area contributed by atoms with Crippen LogP contribution in [0.5, 0.6) is 0 Å². The second-order valence-electron chi connectivity index (χ2n) is 5.88. The van der Waals surface area contributed by atoms with Crippen LogP contribution in [0, 0.1) is 17.5 Å². The van der Waals surface area contributed by atoms with E-state index in [0.717, 1.165) is 6.07 Å². The molecule has 1 atom stereocenters. The Morgan fingerprint density at radius 2 is 1.73 bits per heavy atom. The summed E-state index contributed by atoms with van der Waals surface area (Å²) in [6.45, 7) is 0.218. The molecule has 4 nitrogen and oxygen atoms in total. The molecule has 0 saturated carbocycles. The Kier molecular flexibility index (Phi) is 5.18. The Hall–Kier alpha value is -2.54. The molecule has 1 heterocycles. The van der Waals surface area contributed by atoms with E-state index in [1.807, 2.05) is 0 Å². The van der Waals surface area contributed by atoms with Crippen LogP contribution in [0.25, 0.3) is 0 Å². The summed E-state index contributed by atoms with van der Waals surface area (Å²) in [6, 6.07) is 7.15. The average Bonchev–Trinajstić information content (AvgIpc) is 3.11. The fourth-order valence-corrected chi connectivity index (χ4v) is 3.01. The first kappa shape index (κ1) is 18.3. The van der Waals surface area contributed by atoms with Gasteiger partial charge in [0.05, 0.1) is 5.56 Å². The Morgan fingerprint density at radius 1 is 1.04 bits per heavy atom. The Labute approximate surface area is 152 Å². The molecule has 8 heteroatoms.